The minimum absolute atomic E-state index is 0.0809. The van der Waals surface area contributed by atoms with E-state index in [1.807, 2.05) is 24.3 Å². The lowest BCUT2D eigenvalue weighted by molar-refractivity contribution is 0.0693. The topological polar surface area (TPSA) is 79.8 Å². The summed E-state index contributed by atoms with van der Waals surface area (Å²) in [5.41, 5.74) is 1.16. The van der Waals surface area contributed by atoms with Crippen molar-refractivity contribution in [3.63, 3.8) is 0 Å². The molecule has 1 saturated heterocycles. The Kier molecular flexibility index (Phi) is 6.29. The highest BCUT2D eigenvalue weighted by atomic mass is 35.5. The highest BCUT2D eigenvalue weighted by molar-refractivity contribution is 7.89. The fraction of sp³-hybridized carbons (Fsp3) is 0.238. The minimum Gasteiger partial charge on any atom is -0.496 e. The van der Waals surface area contributed by atoms with Crippen LogP contribution in [0.4, 0.5) is 0 Å². The summed E-state index contributed by atoms with van der Waals surface area (Å²) in [6.45, 7) is 0.958. The number of carbonyl (C=O) groups excluding carboxylic acids is 1. The van der Waals surface area contributed by atoms with E-state index in [9.17, 15) is 13.2 Å². The van der Waals surface area contributed by atoms with Gasteiger partial charge in [-0.3, -0.25) is 4.79 Å². The van der Waals surface area contributed by atoms with E-state index < -0.39 is 10.0 Å². The van der Waals surface area contributed by atoms with Gasteiger partial charge in [0.05, 0.1) is 17.7 Å². The average molecular weight is 478 g/mol. The molecule has 0 bridgehead atoms. The molecule has 0 aliphatic carbocycles. The molecule has 2 heterocycles. The Balaban J connectivity index is 1.46. The Morgan fingerprint density at radius 3 is 2.45 bits per heavy atom. The molecule has 1 aliphatic rings. The van der Waals surface area contributed by atoms with Crippen molar-refractivity contribution in [3.8, 4) is 16.3 Å². The maximum absolute atomic E-state index is 12.9. The molecule has 31 heavy (non-hydrogen) atoms. The summed E-state index contributed by atoms with van der Waals surface area (Å²) in [6, 6.07) is 13.9. The summed E-state index contributed by atoms with van der Waals surface area (Å²) in [5.74, 6) is 0.474. The lowest BCUT2D eigenvalue weighted by Gasteiger charge is -2.33. The first-order chi connectivity index (χ1) is 14.9. The van der Waals surface area contributed by atoms with Crippen LogP contribution < -0.4 is 4.74 Å². The van der Waals surface area contributed by atoms with Gasteiger partial charge in [0.15, 0.2) is 0 Å². The third-order valence-electron chi connectivity index (χ3n) is 5.04. The molecule has 1 aliphatic heterocycles. The van der Waals surface area contributed by atoms with Crippen molar-refractivity contribution < 1.29 is 17.9 Å². The molecule has 3 aromatic rings. The molecule has 1 fully saturated rings. The summed E-state index contributed by atoms with van der Waals surface area (Å²) in [5, 5.41) is 2.60. The van der Waals surface area contributed by atoms with Gasteiger partial charge in [-0.25, -0.2) is 13.4 Å². The van der Waals surface area contributed by atoms with Crippen LogP contribution in [-0.2, 0) is 10.0 Å². The highest BCUT2D eigenvalue weighted by Gasteiger charge is 2.32. The molecule has 0 spiro atoms. The predicted molar refractivity (Wildman–Crippen MR) is 120 cm³/mol. The molecule has 4 rings (SSSR count). The molecule has 0 unspecified atom stereocenters. The third kappa shape index (κ3) is 4.31. The van der Waals surface area contributed by atoms with E-state index in [0.29, 0.717) is 16.5 Å². The molecule has 7 nitrogen and oxygen atoms in total. The molecule has 162 valence electrons. The summed E-state index contributed by atoms with van der Waals surface area (Å²) in [4.78, 5) is 19.1. The van der Waals surface area contributed by atoms with Crippen LogP contribution in [0.25, 0.3) is 10.6 Å². The van der Waals surface area contributed by atoms with Gasteiger partial charge < -0.3 is 9.64 Å². The van der Waals surface area contributed by atoms with Gasteiger partial charge in [0.25, 0.3) is 5.91 Å². The van der Waals surface area contributed by atoms with Crippen molar-refractivity contribution in [3.05, 3.63) is 64.6 Å². The molecule has 1 aromatic heterocycles. The first kappa shape index (κ1) is 21.8. The summed E-state index contributed by atoms with van der Waals surface area (Å²) in [7, 11) is -2.12. The molecule has 0 saturated carbocycles. The van der Waals surface area contributed by atoms with Crippen molar-refractivity contribution in [2.45, 2.75) is 4.90 Å². The van der Waals surface area contributed by atoms with Gasteiger partial charge in [-0.15, -0.1) is 11.3 Å². The van der Waals surface area contributed by atoms with Crippen LogP contribution in [0.1, 0.15) is 10.5 Å². The fourth-order valence-corrected chi connectivity index (χ4v) is 6.14. The van der Waals surface area contributed by atoms with Gasteiger partial charge in [-0.1, -0.05) is 35.9 Å². The maximum Gasteiger partial charge on any atom is 0.273 e. The second kappa shape index (κ2) is 8.96. The first-order valence-electron chi connectivity index (χ1n) is 9.54. The number of aromatic nitrogens is 1. The zero-order valence-corrected chi connectivity index (χ0v) is 19.1. The number of carbonyl (C=O) groups is 1. The number of piperazine rings is 1. The van der Waals surface area contributed by atoms with Gasteiger partial charge >= 0.3 is 0 Å². The Bertz CT molecular complexity index is 1200. The molecule has 0 radical (unpaired) electrons. The Morgan fingerprint density at radius 2 is 1.74 bits per heavy atom. The van der Waals surface area contributed by atoms with Crippen LogP contribution in [0.3, 0.4) is 0 Å². The van der Waals surface area contributed by atoms with Crippen LogP contribution in [0.2, 0.25) is 5.02 Å². The molecule has 2 aromatic carbocycles. The number of ether oxygens (including phenoxy) is 1. The average Bonchev–Trinajstić information content (AvgIpc) is 3.29. The van der Waals surface area contributed by atoms with Crippen LogP contribution in [0.5, 0.6) is 5.75 Å². The number of amides is 1. The van der Waals surface area contributed by atoms with Crippen molar-refractivity contribution in [2.75, 3.05) is 33.3 Å². The van der Waals surface area contributed by atoms with E-state index in [2.05, 4.69) is 4.98 Å². The second-order valence-electron chi connectivity index (χ2n) is 6.86. The van der Waals surface area contributed by atoms with Crippen LogP contribution in [-0.4, -0.2) is 61.8 Å². The quantitative estimate of drug-likeness (QED) is 0.560. The molecule has 0 N–H and O–H groups in total. The van der Waals surface area contributed by atoms with Crippen LogP contribution in [0.15, 0.2) is 58.8 Å². The van der Waals surface area contributed by atoms with Crippen LogP contribution >= 0.6 is 22.9 Å². The second-order valence-corrected chi connectivity index (χ2v) is 10.0. The third-order valence-corrected chi connectivity index (χ3v) is 8.32. The van der Waals surface area contributed by atoms with E-state index in [4.69, 9.17) is 16.3 Å². The number of methoxy groups -OCH3 is 1. The molecular formula is C21H20ClN3O4S2. The number of thiazole rings is 1. The smallest absolute Gasteiger partial charge is 0.273 e. The lowest BCUT2D eigenvalue weighted by atomic mass is 10.2. The number of rotatable bonds is 5. The number of para-hydroxylation sites is 1. The van der Waals surface area contributed by atoms with Crippen LogP contribution in [0, 0.1) is 0 Å². The van der Waals surface area contributed by atoms with Crippen molar-refractivity contribution >= 4 is 38.9 Å². The number of halogens is 1. The fourth-order valence-electron chi connectivity index (χ4n) is 3.40. The number of sulfonamides is 1. The SMILES string of the molecule is COc1ccccc1-c1nc(C(=O)N2CCN(S(=O)(=O)c3ccccc3Cl)CC2)cs1. The monoisotopic (exact) mass is 477 g/mol. The number of benzene rings is 2. The Morgan fingerprint density at radius 1 is 1.06 bits per heavy atom. The minimum atomic E-state index is -3.71. The molecule has 0 atom stereocenters. The summed E-state index contributed by atoms with van der Waals surface area (Å²) >= 11 is 7.44. The standard InChI is InChI=1S/C21H20ClN3O4S2/c1-29-18-8-4-2-6-15(18)20-23-17(14-30-20)21(26)24-10-12-25(13-11-24)31(27,28)19-9-5-3-7-16(19)22/h2-9,14H,10-13H2,1H3. The number of hydrogen-bond donors (Lipinski definition) is 0. The normalized spacial score (nSPS) is 15.1. The van der Waals surface area contributed by atoms with E-state index in [1.54, 1.807) is 35.6 Å². The number of nitrogens with zero attached hydrogens (tertiary/aromatic N) is 3. The zero-order valence-electron chi connectivity index (χ0n) is 16.7. The molecule has 1 amide bonds. The van der Waals surface area contributed by atoms with E-state index in [1.165, 1.54) is 21.7 Å². The summed E-state index contributed by atoms with van der Waals surface area (Å²) < 4.78 is 32.5. The molecular weight excluding hydrogens is 458 g/mol. The van der Waals surface area contributed by atoms with Gasteiger partial charge in [-0.05, 0) is 24.3 Å². The van der Waals surface area contributed by atoms with Gasteiger partial charge in [0.2, 0.25) is 10.0 Å². The number of hydrogen-bond acceptors (Lipinski definition) is 6. The van der Waals surface area contributed by atoms with Crippen molar-refractivity contribution in [1.82, 2.24) is 14.2 Å². The largest absolute Gasteiger partial charge is 0.496 e. The highest BCUT2D eigenvalue weighted by Crippen LogP contribution is 2.32. The van der Waals surface area contributed by atoms with Gasteiger partial charge in [0.1, 0.15) is 21.3 Å². The molecule has 10 heteroatoms. The maximum atomic E-state index is 12.9. The Labute approximate surface area is 189 Å². The van der Waals surface area contributed by atoms with Gasteiger partial charge in [-0.2, -0.15) is 4.31 Å². The van der Waals surface area contributed by atoms with Crippen molar-refractivity contribution in [1.29, 1.82) is 0 Å². The van der Waals surface area contributed by atoms with E-state index in [0.717, 1.165) is 5.56 Å². The van der Waals surface area contributed by atoms with Gasteiger partial charge in [0, 0.05) is 31.6 Å². The van der Waals surface area contributed by atoms with E-state index in [-0.39, 0.29) is 42.0 Å². The zero-order chi connectivity index (χ0) is 22.0. The lowest BCUT2D eigenvalue weighted by Crippen LogP contribution is -2.50. The first-order valence-corrected chi connectivity index (χ1v) is 12.2. The van der Waals surface area contributed by atoms with E-state index >= 15 is 0 Å². The summed E-state index contributed by atoms with van der Waals surface area (Å²) in [6.07, 6.45) is 0. The van der Waals surface area contributed by atoms with Crippen molar-refractivity contribution in [2.24, 2.45) is 0 Å². The predicted octanol–water partition coefficient (Wildman–Crippen LogP) is 3.62. The Hall–Kier alpha value is -2.46.